The molecule has 0 radical (unpaired) electrons. The van der Waals surface area contributed by atoms with Crippen molar-refractivity contribution < 1.29 is 14.3 Å². The van der Waals surface area contributed by atoms with Crippen molar-refractivity contribution in [1.29, 1.82) is 0 Å². The van der Waals surface area contributed by atoms with E-state index in [0.717, 1.165) is 34.6 Å². The molecule has 0 fully saturated rings. The van der Waals surface area contributed by atoms with Gasteiger partial charge in [-0.3, -0.25) is 9.78 Å². The predicted molar refractivity (Wildman–Crippen MR) is 121 cm³/mol. The first-order valence-corrected chi connectivity index (χ1v) is 10.7. The van der Waals surface area contributed by atoms with Crippen LogP contribution in [0.5, 0.6) is 11.5 Å². The fourth-order valence-corrected chi connectivity index (χ4v) is 4.64. The Balaban J connectivity index is 1.44. The summed E-state index contributed by atoms with van der Waals surface area (Å²) >= 11 is 0. The first-order chi connectivity index (χ1) is 15.8. The predicted octanol–water partition coefficient (Wildman–Crippen LogP) is 4.48. The highest BCUT2D eigenvalue weighted by atomic mass is 16.7. The van der Waals surface area contributed by atoms with E-state index in [2.05, 4.69) is 28.2 Å². The fraction of sp³-hybridized carbons (Fsp3) is 0.154. The van der Waals surface area contributed by atoms with Gasteiger partial charge in [0.2, 0.25) is 12.7 Å². The Morgan fingerprint density at radius 1 is 1.06 bits per heavy atom. The van der Waals surface area contributed by atoms with Crippen LogP contribution in [0.2, 0.25) is 0 Å². The Labute approximate surface area is 185 Å². The molecule has 1 unspecified atom stereocenters. The summed E-state index contributed by atoms with van der Waals surface area (Å²) in [5.41, 5.74) is 5.14. The van der Waals surface area contributed by atoms with E-state index in [0.29, 0.717) is 12.3 Å². The van der Waals surface area contributed by atoms with E-state index in [-0.39, 0.29) is 18.7 Å². The number of benzene rings is 2. The van der Waals surface area contributed by atoms with Crippen LogP contribution in [-0.4, -0.2) is 34.1 Å². The molecule has 1 N–H and O–H groups in total. The van der Waals surface area contributed by atoms with Gasteiger partial charge in [-0.15, -0.1) is 0 Å². The van der Waals surface area contributed by atoms with Crippen LogP contribution < -0.4 is 9.47 Å². The lowest BCUT2D eigenvalue weighted by molar-refractivity contribution is -0.128. The molecule has 0 spiro atoms. The molecule has 6 nitrogen and oxygen atoms in total. The number of ether oxygens (including phenoxy) is 2. The molecule has 32 heavy (non-hydrogen) atoms. The van der Waals surface area contributed by atoms with E-state index in [1.54, 1.807) is 18.3 Å². The van der Waals surface area contributed by atoms with Crippen molar-refractivity contribution >= 4 is 22.9 Å². The minimum atomic E-state index is -0.249. The number of amides is 1. The number of carbonyl (C=O) groups is 1. The molecule has 2 aliphatic heterocycles. The third kappa shape index (κ3) is 3.12. The van der Waals surface area contributed by atoms with Gasteiger partial charge in [0.1, 0.15) is 0 Å². The minimum Gasteiger partial charge on any atom is -0.454 e. The summed E-state index contributed by atoms with van der Waals surface area (Å²) in [6.07, 6.45) is 5.89. The van der Waals surface area contributed by atoms with Crippen LogP contribution in [0.15, 0.2) is 72.9 Å². The second kappa shape index (κ2) is 7.57. The van der Waals surface area contributed by atoms with Crippen LogP contribution in [0, 0.1) is 0 Å². The maximum atomic E-state index is 13.4. The number of para-hydroxylation sites is 1. The number of hydrogen-bond donors (Lipinski definition) is 1. The molecule has 2 aromatic carbocycles. The molecule has 4 aromatic rings. The molecule has 0 saturated carbocycles. The average molecular weight is 423 g/mol. The van der Waals surface area contributed by atoms with Crippen LogP contribution in [0.3, 0.4) is 0 Å². The highest BCUT2D eigenvalue weighted by Gasteiger charge is 2.34. The van der Waals surface area contributed by atoms with E-state index in [1.807, 2.05) is 47.4 Å². The molecule has 1 amide bonds. The number of carbonyl (C=O) groups excluding carboxylic acids is 1. The first kappa shape index (κ1) is 18.7. The molecular formula is C26H21N3O3. The normalized spacial score (nSPS) is 17.1. The third-order valence-corrected chi connectivity index (χ3v) is 6.11. The summed E-state index contributed by atoms with van der Waals surface area (Å²) in [7, 11) is 0. The van der Waals surface area contributed by atoms with Crippen molar-refractivity contribution in [2.45, 2.75) is 12.5 Å². The number of H-pyrrole nitrogens is 1. The number of aromatic nitrogens is 2. The smallest absolute Gasteiger partial charge is 0.247 e. The van der Waals surface area contributed by atoms with Gasteiger partial charge in [0.25, 0.3) is 0 Å². The second-order valence-corrected chi connectivity index (χ2v) is 7.95. The number of hydrogen-bond acceptors (Lipinski definition) is 4. The summed E-state index contributed by atoms with van der Waals surface area (Å²) in [5.74, 6) is 1.39. The molecule has 158 valence electrons. The van der Waals surface area contributed by atoms with Gasteiger partial charge in [0.05, 0.1) is 11.7 Å². The Kier molecular flexibility index (Phi) is 4.42. The Bertz CT molecular complexity index is 1340. The lowest BCUT2D eigenvalue weighted by atomic mass is 9.92. The van der Waals surface area contributed by atoms with Crippen LogP contribution in [-0.2, 0) is 11.2 Å². The molecule has 2 aromatic heterocycles. The Morgan fingerprint density at radius 2 is 1.94 bits per heavy atom. The van der Waals surface area contributed by atoms with Crippen molar-refractivity contribution in [2.24, 2.45) is 0 Å². The number of aromatic amines is 1. The van der Waals surface area contributed by atoms with Crippen LogP contribution in [0.4, 0.5) is 0 Å². The first-order valence-electron chi connectivity index (χ1n) is 10.7. The third-order valence-electron chi connectivity index (χ3n) is 6.11. The molecule has 1 atom stereocenters. The summed E-state index contributed by atoms with van der Waals surface area (Å²) in [6, 6.07) is 19.6. The number of nitrogens with zero attached hydrogens (tertiary/aromatic N) is 2. The zero-order valence-corrected chi connectivity index (χ0v) is 17.3. The van der Waals surface area contributed by atoms with Crippen LogP contribution in [0.25, 0.3) is 17.0 Å². The van der Waals surface area contributed by atoms with Crippen LogP contribution in [0.1, 0.15) is 28.6 Å². The number of nitrogens with one attached hydrogen (secondary N) is 1. The standard InChI is InChI=1S/C26H21N3O3/c30-24(11-9-18-5-3-4-13-27-18)29-14-12-20-19-6-1-2-7-21(19)28-25(20)26(29)17-8-10-22-23(15-17)32-16-31-22/h1-11,13,15,26,28H,12,14,16H2. The summed E-state index contributed by atoms with van der Waals surface area (Å²) in [5, 5.41) is 1.21. The summed E-state index contributed by atoms with van der Waals surface area (Å²) in [4.78, 5) is 23.1. The van der Waals surface area contributed by atoms with Gasteiger partial charge in [0.15, 0.2) is 11.5 Å². The van der Waals surface area contributed by atoms with Gasteiger partial charge in [-0.2, -0.15) is 0 Å². The van der Waals surface area contributed by atoms with Crippen LogP contribution >= 0.6 is 0 Å². The molecule has 2 aliphatic rings. The van der Waals surface area contributed by atoms with Crippen molar-refractivity contribution in [3.05, 3.63) is 95.5 Å². The summed E-state index contributed by atoms with van der Waals surface area (Å²) < 4.78 is 11.1. The van der Waals surface area contributed by atoms with E-state index < -0.39 is 0 Å². The summed E-state index contributed by atoms with van der Waals surface area (Å²) in [6.45, 7) is 0.843. The number of fused-ring (bicyclic) bond motifs is 4. The van der Waals surface area contributed by atoms with Gasteiger partial charge < -0.3 is 19.4 Å². The molecule has 0 saturated heterocycles. The fourth-order valence-electron chi connectivity index (χ4n) is 4.64. The molecule has 6 heteroatoms. The van der Waals surface area contributed by atoms with E-state index in [9.17, 15) is 4.79 Å². The monoisotopic (exact) mass is 423 g/mol. The average Bonchev–Trinajstić information content (AvgIpc) is 3.46. The number of rotatable bonds is 3. The maximum Gasteiger partial charge on any atom is 0.247 e. The van der Waals surface area contributed by atoms with Gasteiger partial charge in [-0.05, 0) is 54.0 Å². The van der Waals surface area contributed by atoms with E-state index in [1.165, 1.54) is 10.9 Å². The van der Waals surface area contributed by atoms with Gasteiger partial charge in [-0.25, -0.2) is 0 Å². The SMILES string of the molecule is O=C(C=Cc1ccccn1)N1CCc2c([nH]c3ccccc23)C1c1ccc2c(c1)OCO2. The van der Waals surface area contributed by atoms with Crippen molar-refractivity contribution in [1.82, 2.24) is 14.9 Å². The highest BCUT2D eigenvalue weighted by Crippen LogP contribution is 2.42. The van der Waals surface area contributed by atoms with E-state index in [4.69, 9.17) is 9.47 Å². The topological polar surface area (TPSA) is 67.5 Å². The zero-order valence-electron chi connectivity index (χ0n) is 17.3. The molecule has 0 bridgehead atoms. The van der Waals surface area contributed by atoms with Gasteiger partial charge in [0, 0.05) is 35.4 Å². The minimum absolute atomic E-state index is 0.0531. The Morgan fingerprint density at radius 3 is 2.84 bits per heavy atom. The molecule has 4 heterocycles. The van der Waals surface area contributed by atoms with Crippen molar-refractivity contribution in [2.75, 3.05) is 13.3 Å². The molecule has 6 rings (SSSR count). The highest BCUT2D eigenvalue weighted by molar-refractivity contribution is 5.93. The molecular weight excluding hydrogens is 402 g/mol. The van der Waals surface area contributed by atoms with Crippen molar-refractivity contribution in [3.8, 4) is 11.5 Å². The van der Waals surface area contributed by atoms with Gasteiger partial charge >= 0.3 is 0 Å². The second-order valence-electron chi connectivity index (χ2n) is 7.95. The number of pyridine rings is 1. The van der Waals surface area contributed by atoms with E-state index >= 15 is 0 Å². The van der Waals surface area contributed by atoms with Crippen molar-refractivity contribution in [3.63, 3.8) is 0 Å². The maximum absolute atomic E-state index is 13.4. The lowest BCUT2D eigenvalue weighted by Gasteiger charge is -2.35. The molecule has 0 aliphatic carbocycles. The Hall–Kier alpha value is -4.06. The lowest BCUT2D eigenvalue weighted by Crippen LogP contribution is -2.39. The quantitative estimate of drug-likeness (QED) is 0.494. The zero-order chi connectivity index (χ0) is 21.5. The largest absolute Gasteiger partial charge is 0.454 e. The van der Waals surface area contributed by atoms with Gasteiger partial charge in [-0.1, -0.05) is 30.3 Å².